The number of hydrogen-bond acceptors (Lipinski definition) is 4. The fraction of sp³-hybridized carbons (Fsp3) is 0.333. The summed E-state index contributed by atoms with van der Waals surface area (Å²) in [6.45, 7) is 7.69. The van der Waals surface area contributed by atoms with Crippen molar-refractivity contribution in [2.24, 2.45) is 4.99 Å². The summed E-state index contributed by atoms with van der Waals surface area (Å²) in [6, 6.07) is 14.8. The number of benzene rings is 2. The molecule has 1 atom stereocenters. The topological polar surface area (TPSA) is 37.7 Å². The molecule has 4 nitrogen and oxygen atoms in total. The van der Waals surface area contributed by atoms with Gasteiger partial charge in [0.25, 0.3) is 0 Å². The second kappa shape index (κ2) is 6.06. The van der Waals surface area contributed by atoms with E-state index in [0.29, 0.717) is 0 Å². The third-order valence-corrected chi connectivity index (χ3v) is 6.29. The zero-order valence-electron chi connectivity index (χ0n) is 16.6. The first-order valence-electron chi connectivity index (χ1n) is 10.1. The number of unbranched alkanes of at least 4 members (excludes halogenated alkanes) is 1. The number of rotatable bonds is 3. The van der Waals surface area contributed by atoms with E-state index in [2.05, 4.69) is 61.0 Å². The molecule has 5 rings (SSSR count). The lowest BCUT2D eigenvalue weighted by molar-refractivity contribution is 0.0775. The molecule has 3 aromatic rings. The Morgan fingerprint density at radius 2 is 1.93 bits per heavy atom. The van der Waals surface area contributed by atoms with Gasteiger partial charge in [-0.1, -0.05) is 37.6 Å². The predicted octanol–water partition coefficient (Wildman–Crippen LogP) is 5.62. The Morgan fingerprint density at radius 3 is 2.79 bits per heavy atom. The van der Waals surface area contributed by atoms with Crippen LogP contribution in [0.15, 0.2) is 59.9 Å². The SMILES string of the molecule is CCCCN1c2ccccc2C(C)(C)C12C=Nc1c(ccc3ccncc13)O2. The van der Waals surface area contributed by atoms with Gasteiger partial charge in [0.15, 0.2) is 0 Å². The van der Waals surface area contributed by atoms with Crippen LogP contribution in [0.25, 0.3) is 10.8 Å². The highest BCUT2D eigenvalue weighted by molar-refractivity contribution is 5.99. The summed E-state index contributed by atoms with van der Waals surface area (Å²) in [5.41, 5.74) is 2.57. The standard InChI is InChI=1S/C24H25N3O/c1-4-5-14-27-20-9-7-6-8-19(20)23(2,3)24(27)16-26-22-18-15-25-13-12-17(18)10-11-21(22)28-24/h6-13,15-16H,4-5,14H2,1-3H3. The van der Waals surface area contributed by atoms with Gasteiger partial charge < -0.3 is 9.64 Å². The highest BCUT2D eigenvalue weighted by Gasteiger charge is 2.59. The van der Waals surface area contributed by atoms with Gasteiger partial charge in [0, 0.05) is 30.0 Å². The van der Waals surface area contributed by atoms with Crippen LogP contribution in [-0.2, 0) is 5.41 Å². The lowest BCUT2D eigenvalue weighted by Crippen LogP contribution is -2.62. The summed E-state index contributed by atoms with van der Waals surface area (Å²) in [7, 11) is 0. The summed E-state index contributed by atoms with van der Waals surface area (Å²) in [5, 5.41) is 2.15. The fourth-order valence-corrected chi connectivity index (χ4v) is 4.65. The minimum Gasteiger partial charge on any atom is -0.459 e. The predicted molar refractivity (Wildman–Crippen MR) is 115 cm³/mol. The summed E-state index contributed by atoms with van der Waals surface area (Å²) in [4.78, 5) is 11.7. The highest BCUT2D eigenvalue weighted by Crippen LogP contribution is 2.54. The molecule has 0 N–H and O–H groups in total. The van der Waals surface area contributed by atoms with E-state index in [4.69, 9.17) is 9.73 Å². The van der Waals surface area contributed by atoms with Gasteiger partial charge in [-0.25, -0.2) is 0 Å². The molecule has 2 aliphatic rings. The molecule has 1 spiro atoms. The van der Waals surface area contributed by atoms with Gasteiger partial charge >= 0.3 is 0 Å². The molecule has 2 aliphatic heterocycles. The van der Waals surface area contributed by atoms with E-state index in [0.717, 1.165) is 41.6 Å². The molecular weight excluding hydrogens is 346 g/mol. The molecule has 0 saturated carbocycles. The van der Waals surface area contributed by atoms with Crippen LogP contribution in [0, 0.1) is 0 Å². The van der Waals surface area contributed by atoms with E-state index in [1.54, 1.807) is 0 Å². The summed E-state index contributed by atoms with van der Waals surface area (Å²) < 4.78 is 6.84. The van der Waals surface area contributed by atoms with Crippen LogP contribution in [0.4, 0.5) is 11.4 Å². The lowest BCUT2D eigenvalue weighted by Gasteiger charge is -2.46. The number of para-hydroxylation sites is 1. The van der Waals surface area contributed by atoms with Crippen molar-refractivity contribution in [3.8, 4) is 5.75 Å². The zero-order valence-corrected chi connectivity index (χ0v) is 16.6. The molecule has 0 bridgehead atoms. The Hall–Kier alpha value is -2.88. The number of pyridine rings is 1. The first-order valence-corrected chi connectivity index (χ1v) is 10.1. The van der Waals surface area contributed by atoms with Crippen LogP contribution in [0.2, 0.25) is 0 Å². The van der Waals surface area contributed by atoms with E-state index in [-0.39, 0.29) is 5.41 Å². The van der Waals surface area contributed by atoms with Crippen molar-refractivity contribution in [3.05, 3.63) is 60.4 Å². The molecule has 142 valence electrons. The number of anilines is 1. The van der Waals surface area contributed by atoms with Crippen molar-refractivity contribution in [1.82, 2.24) is 4.98 Å². The van der Waals surface area contributed by atoms with Crippen LogP contribution in [0.3, 0.4) is 0 Å². The zero-order chi connectivity index (χ0) is 19.4. The minimum atomic E-state index is -0.630. The maximum atomic E-state index is 6.84. The van der Waals surface area contributed by atoms with Crippen LogP contribution < -0.4 is 9.64 Å². The minimum absolute atomic E-state index is 0.234. The smallest absolute Gasteiger partial charge is 0.228 e. The number of nitrogens with zero attached hydrogens (tertiary/aromatic N) is 3. The van der Waals surface area contributed by atoms with Gasteiger partial charge in [0.05, 0.1) is 11.6 Å². The number of fused-ring (bicyclic) bond motifs is 4. The van der Waals surface area contributed by atoms with E-state index in [9.17, 15) is 0 Å². The molecule has 0 fully saturated rings. The first kappa shape index (κ1) is 17.2. The molecule has 2 aromatic carbocycles. The average molecular weight is 371 g/mol. The third-order valence-electron chi connectivity index (χ3n) is 6.29. The van der Waals surface area contributed by atoms with Gasteiger partial charge in [0.1, 0.15) is 11.4 Å². The van der Waals surface area contributed by atoms with E-state index in [1.165, 1.54) is 11.3 Å². The third kappa shape index (κ3) is 2.17. The number of aliphatic imine (C=N–C) groups is 1. The molecule has 0 saturated heterocycles. The Labute approximate surface area is 165 Å². The second-order valence-corrected chi connectivity index (χ2v) is 8.21. The maximum absolute atomic E-state index is 6.84. The summed E-state index contributed by atoms with van der Waals surface area (Å²) in [5.74, 6) is 0.824. The lowest BCUT2D eigenvalue weighted by atomic mass is 9.77. The molecule has 0 aliphatic carbocycles. The van der Waals surface area contributed by atoms with E-state index in [1.807, 2.05) is 30.7 Å². The van der Waals surface area contributed by atoms with Crippen LogP contribution in [0.5, 0.6) is 5.75 Å². The van der Waals surface area contributed by atoms with Gasteiger partial charge in [-0.05, 0) is 49.4 Å². The first-order chi connectivity index (χ1) is 13.6. The number of aromatic nitrogens is 1. The summed E-state index contributed by atoms with van der Waals surface area (Å²) in [6.07, 6.45) is 7.96. The number of ether oxygens (including phenoxy) is 1. The number of hydrogen-bond donors (Lipinski definition) is 0. The fourth-order valence-electron chi connectivity index (χ4n) is 4.65. The second-order valence-electron chi connectivity index (χ2n) is 8.21. The highest BCUT2D eigenvalue weighted by atomic mass is 16.5. The van der Waals surface area contributed by atoms with E-state index >= 15 is 0 Å². The van der Waals surface area contributed by atoms with Crippen molar-refractivity contribution < 1.29 is 4.74 Å². The van der Waals surface area contributed by atoms with Gasteiger partial charge in [-0.2, -0.15) is 0 Å². The van der Waals surface area contributed by atoms with Crippen molar-refractivity contribution in [3.63, 3.8) is 0 Å². The van der Waals surface area contributed by atoms with Crippen molar-refractivity contribution in [1.29, 1.82) is 0 Å². The van der Waals surface area contributed by atoms with Crippen LogP contribution in [0.1, 0.15) is 39.2 Å². The Morgan fingerprint density at radius 1 is 1.07 bits per heavy atom. The molecule has 1 unspecified atom stereocenters. The van der Waals surface area contributed by atoms with Crippen LogP contribution in [-0.4, -0.2) is 23.5 Å². The summed E-state index contributed by atoms with van der Waals surface area (Å²) >= 11 is 0. The van der Waals surface area contributed by atoms with Gasteiger partial charge in [-0.3, -0.25) is 9.98 Å². The Kier molecular flexibility index (Phi) is 3.73. The Balaban J connectivity index is 1.69. The molecule has 3 heterocycles. The molecule has 4 heteroatoms. The molecular formula is C24H25N3O. The van der Waals surface area contributed by atoms with Crippen molar-refractivity contribution >= 4 is 28.4 Å². The van der Waals surface area contributed by atoms with Gasteiger partial charge in [0.2, 0.25) is 5.72 Å². The molecule has 0 radical (unpaired) electrons. The van der Waals surface area contributed by atoms with Gasteiger partial charge in [-0.15, -0.1) is 0 Å². The van der Waals surface area contributed by atoms with E-state index < -0.39 is 5.72 Å². The quantitative estimate of drug-likeness (QED) is 0.599. The largest absolute Gasteiger partial charge is 0.459 e. The van der Waals surface area contributed by atoms with Crippen molar-refractivity contribution in [2.75, 3.05) is 11.4 Å². The normalized spacial score (nSPS) is 21.6. The molecule has 0 amide bonds. The monoisotopic (exact) mass is 371 g/mol. The molecule has 1 aromatic heterocycles. The Bertz CT molecular complexity index is 1090. The molecule has 28 heavy (non-hydrogen) atoms. The van der Waals surface area contributed by atoms with Crippen molar-refractivity contribution in [2.45, 2.75) is 44.8 Å². The van der Waals surface area contributed by atoms with Crippen LogP contribution >= 0.6 is 0 Å². The maximum Gasteiger partial charge on any atom is 0.228 e. The average Bonchev–Trinajstić information content (AvgIpc) is 2.90.